The number of hydrogen-bond donors (Lipinski definition) is 3. The van der Waals surface area contributed by atoms with Crippen molar-refractivity contribution in [2.75, 3.05) is 5.32 Å². The summed E-state index contributed by atoms with van der Waals surface area (Å²) >= 11 is 0. The number of hydrogen-bond acceptors (Lipinski definition) is 4. The largest absolute Gasteiger partial charge is 0.402 e. The lowest BCUT2D eigenvalue weighted by Crippen LogP contribution is -2.50. The van der Waals surface area contributed by atoms with Crippen LogP contribution in [0.25, 0.3) is 22.4 Å². The van der Waals surface area contributed by atoms with Crippen molar-refractivity contribution in [1.82, 2.24) is 10.3 Å². The summed E-state index contributed by atoms with van der Waals surface area (Å²) < 4.78 is 39.5. The Morgan fingerprint density at radius 1 is 0.976 bits per heavy atom. The zero-order chi connectivity index (χ0) is 29.8. The molecule has 0 unspecified atom stereocenters. The van der Waals surface area contributed by atoms with Crippen molar-refractivity contribution < 1.29 is 22.8 Å². The van der Waals surface area contributed by atoms with Gasteiger partial charge in [-0.2, -0.15) is 13.2 Å². The summed E-state index contributed by atoms with van der Waals surface area (Å²) in [6, 6.07) is 19.3. The number of pyridine rings is 1. The number of nitrogens with one attached hydrogen (secondary N) is 2. The molecule has 4 N–H and O–H groups in total. The van der Waals surface area contributed by atoms with E-state index in [1.165, 1.54) is 0 Å². The Morgan fingerprint density at radius 2 is 1.61 bits per heavy atom. The minimum absolute atomic E-state index is 0.0708. The lowest BCUT2D eigenvalue weighted by Gasteiger charge is -2.32. The fourth-order valence-corrected chi connectivity index (χ4v) is 5.03. The molecular formula is C32H37F3N4O2. The molecule has 2 amide bonds. The Balaban J connectivity index is 1.40. The highest BCUT2D eigenvalue weighted by Gasteiger charge is 2.53. The Bertz CT molecular complexity index is 1350. The number of carbonyl (C=O) groups excluding carboxylic acids is 2. The third-order valence-electron chi connectivity index (χ3n) is 7.90. The highest BCUT2D eigenvalue weighted by molar-refractivity contribution is 5.93. The first-order valence-corrected chi connectivity index (χ1v) is 13.9. The predicted octanol–water partition coefficient (Wildman–Crippen LogP) is 7.03. The molecule has 9 heteroatoms. The quantitative estimate of drug-likeness (QED) is 0.273. The Hall–Kier alpha value is -3.72. The van der Waals surface area contributed by atoms with Crippen LogP contribution in [0.5, 0.6) is 0 Å². The van der Waals surface area contributed by atoms with Crippen molar-refractivity contribution in [3.8, 4) is 22.4 Å². The molecule has 1 aromatic heterocycles. The second-order valence-electron chi connectivity index (χ2n) is 11.5. The fraction of sp³-hybridized carbons (Fsp3) is 0.406. The number of anilines is 1. The van der Waals surface area contributed by atoms with Crippen LogP contribution in [-0.2, 0) is 9.59 Å². The van der Waals surface area contributed by atoms with Gasteiger partial charge in [-0.1, -0.05) is 54.6 Å². The third kappa shape index (κ3) is 7.33. The molecule has 1 saturated carbocycles. The summed E-state index contributed by atoms with van der Waals surface area (Å²) in [6.45, 7) is 3.71. The van der Waals surface area contributed by atoms with Gasteiger partial charge in [-0.05, 0) is 69.6 Å². The van der Waals surface area contributed by atoms with E-state index in [4.69, 9.17) is 10.7 Å². The molecule has 1 heterocycles. The molecule has 2 aromatic carbocycles. The van der Waals surface area contributed by atoms with Crippen LogP contribution in [-0.4, -0.2) is 29.0 Å². The first-order chi connectivity index (χ1) is 19.3. The minimum Gasteiger partial charge on any atom is -0.353 e. The molecule has 1 fully saturated rings. The topological polar surface area (TPSA) is 97.1 Å². The maximum absolute atomic E-state index is 13.2. The highest BCUT2D eigenvalue weighted by Crippen LogP contribution is 2.38. The monoisotopic (exact) mass is 566 g/mol. The molecule has 4 rings (SSSR count). The van der Waals surface area contributed by atoms with E-state index in [-0.39, 0.29) is 30.3 Å². The number of aromatic nitrogens is 1. The summed E-state index contributed by atoms with van der Waals surface area (Å²) in [7, 11) is 0. The Kier molecular flexibility index (Phi) is 9.17. The van der Waals surface area contributed by atoms with Crippen molar-refractivity contribution in [2.45, 2.75) is 71.1 Å². The first kappa shape index (κ1) is 30.2. The lowest BCUT2D eigenvalue weighted by atomic mass is 9.83. The lowest BCUT2D eigenvalue weighted by molar-refractivity contribution is -0.211. The molecule has 0 aliphatic heterocycles. The van der Waals surface area contributed by atoms with Gasteiger partial charge in [0.25, 0.3) is 0 Å². The van der Waals surface area contributed by atoms with E-state index in [2.05, 4.69) is 10.6 Å². The number of carbonyl (C=O) groups is 2. The minimum atomic E-state index is -4.62. The van der Waals surface area contributed by atoms with Crippen LogP contribution < -0.4 is 16.4 Å². The smallest absolute Gasteiger partial charge is 0.353 e. The number of rotatable bonds is 8. The molecule has 1 aliphatic carbocycles. The Morgan fingerprint density at radius 3 is 2.20 bits per heavy atom. The molecule has 0 bridgehead atoms. The number of amides is 2. The van der Waals surface area contributed by atoms with Gasteiger partial charge in [0.15, 0.2) is 0 Å². The molecule has 1 atom stereocenters. The normalized spacial score (nSPS) is 18.4. The van der Waals surface area contributed by atoms with Gasteiger partial charge in [0.1, 0.15) is 5.41 Å². The van der Waals surface area contributed by atoms with Crippen molar-refractivity contribution in [2.24, 2.45) is 17.1 Å². The maximum atomic E-state index is 13.2. The number of benzene rings is 2. The number of halogens is 3. The summed E-state index contributed by atoms with van der Waals surface area (Å²) in [5.41, 5.74) is 8.75. The first-order valence-electron chi connectivity index (χ1n) is 13.9. The van der Waals surface area contributed by atoms with Gasteiger partial charge in [0.05, 0.1) is 17.6 Å². The highest BCUT2D eigenvalue weighted by atomic mass is 19.4. The Labute approximate surface area is 238 Å². The van der Waals surface area contributed by atoms with Gasteiger partial charge in [0.2, 0.25) is 11.8 Å². The van der Waals surface area contributed by atoms with Crippen molar-refractivity contribution in [3.63, 3.8) is 0 Å². The molecule has 0 radical (unpaired) electrons. The molecule has 218 valence electrons. The molecule has 1 aliphatic rings. The van der Waals surface area contributed by atoms with E-state index in [9.17, 15) is 22.8 Å². The second kappa shape index (κ2) is 12.4. The number of nitrogens with zero attached hydrogens (tertiary/aromatic N) is 1. The predicted molar refractivity (Wildman–Crippen MR) is 155 cm³/mol. The average molecular weight is 567 g/mol. The number of alkyl halides is 3. The molecule has 41 heavy (non-hydrogen) atoms. The standard InChI is InChI=1S/C32H37F3N4O2/c1-20(36)22-11-13-24(14-12-22)29-27(23-7-5-4-6-8-23)18-26(19-37-29)38-28(40)17-21-9-15-25(16-10-21)39-30(41)31(2,3)32(33,34)35/h4-8,11-14,18-21,25H,9-10,15-17,36H2,1-3H3,(H,38,40)(H,39,41)/t20-,21?,25?/m1/s1. The van der Waals surface area contributed by atoms with Gasteiger partial charge < -0.3 is 16.4 Å². The van der Waals surface area contributed by atoms with E-state index in [1.54, 1.807) is 6.20 Å². The van der Waals surface area contributed by atoms with E-state index in [0.29, 0.717) is 31.4 Å². The number of nitrogens with two attached hydrogens (primary N) is 1. The fourth-order valence-electron chi connectivity index (χ4n) is 5.03. The SMILES string of the molecule is C[C@@H](N)c1ccc(-c2ncc(NC(=O)CC3CCC(NC(=O)C(C)(C)C(F)(F)F)CC3)cc2-c2ccccc2)cc1. The van der Waals surface area contributed by atoms with Crippen LogP contribution >= 0.6 is 0 Å². The summed E-state index contributed by atoms with van der Waals surface area (Å²) in [5.74, 6) is -1.07. The van der Waals surface area contributed by atoms with Crippen molar-refractivity contribution in [1.29, 1.82) is 0 Å². The van der Waals surface area contributed by atoms with Gasteiger partial charge in [-0.25, -0.2) is 0 Å². The molecular weight excluding hydrogens is 529 g/mol. The average Bonchev–Trinajstić information content (AvgIpc) is 2.94. The van der Waals surface area contributed by atoms with Gasteiger partial charge >= 0.3 is 6.18 Å². The van der Waals surface area contributed by atoms with Crippen LogP contribution in [0, 0.1) is 11.3 Å². The summed E-state index contributed by atoms with van der Waals surface area (Å²) in [6.07, 6.45) is -0.317. The van der Waals surface area contributed by atoms with Crippen LogP contribution in [0.15, 0.2) is 66.9 Å². The van der Waals surface area contributed by atoms with E-state index in [1.807, 2.05) is 67.6 Å². The maximum Gasteiger partial charge on any atom is 0.402 e. The van der Waals surface area contributed by atoms with Gasteiger partial charge in [0, 0.05) is 29.6 Å². The van der Waals surface area contributed by atoms with E-state index < -0.39 is 17.5 Å². The van der Waals surface area contributed by atoms with E-state index >= 15 is 0 Å². The van der Waals surface area contributed by atoms with E-state index in [0.717, 1.165) is 41.8 Å². The molecule has 0 saturated heterocycles. The van der Waals surface area contributed by atoms with Crippen LogP contribution in [0.3, 0.4) is 0 Å². The van der Waals surface area contributed by atoms with Gasteiger partial charge in [-0.3, -0.25) is 14.6 Å². The van der Waals surface area contributed by atoms with Crippen LogP contribution in [0.1, 0.15) is 64.5 Å². The third-order valence-corrected chi connectivity index (χ3v) is 7.90. The zero-order valence-corrected chi connectivity index (χ0v) is 23.6. The molecule has 0 spiro atoms. The summed E-state index contributed by atoms with van der Waals surface area (Å²) in [4.78, 5) is 29.9. The second-order valence-corrected chi connectivity index (χ2v) is 11.5. The van der Waals surface area contributed by atoms with Gasteiger partial charge in [-0.15, -0.1) is 0 Å². The van der Waals surface area contributed by atoms with Crippen LogP contribution in [0.4, 0.5) is 18.9 Å². The van der Waals surface area contributed by atoms with Crippen LogP contribution in [0.2, 0.25) is 0 Å². The van der Waals surface area contributed by atoms with Crippen molar-refractivity contribution >= 4 is 17.5 Å². The molecule has 3 aromatic rings. The molecule has 6 nitrogen and oxygen atoms in total. The van der Waals surface area contributed by atoms with Crippen molar-refractivity contribution in [3.05, 3.63) is 72.4 Å². The zero-order valence-electron chi connectivity index (χ0n) is 23.6. The summed E-state index contributed by atoms with van der Waals surface area (Å²) in [5, 5.41) is 5.52.